The standard InChI is InChI=1S/C22H24N2O3/c1-5-11-27-20-10-8-18(13-21(20)26-6-2)15-23-24-22(25)14-19-9-7-16(3)12-17(19)4/h1,7-10,12-13,15H,6,11,14H2,2-4H3,(H,24,25)/b23-15+. The van der Waals surface area contributed by atoms with Gasteiger partial charge in [-0.15, -0.1) is 6.42 Å². The Kier molecular flexibility index (Phi) is 7.45. The van der Waals surface area contributed by atoms with E-state index in [-0.39, 0.29) is 18.9 Å². The number of aryl methyl sites for hydroxylation is 2. The van der Waals surface area contributed by atoms with Gasteiger partial charge in [0.25, 0.3) is 0 Å². The van der Waals surface area contributed by atoms with Crippen molar-refractivity contribution in [2.24, 2.45) is 5.10 Å². The van der Waals surface area contributed by atoms with Gasteiger partial charge in [-0.25, -0.2) is 5.43 Å². The minimum absolute atomic E-state index is 0.169. The summed E-state index contributed by atoms with van der Waals surface area (Å²) in [6.45, 7) is 6.58. The first-order chi connectivity index (χ1) is 13.0. The molecule has 5 heteroatoms. The molecule has 0 unspecified atom stereocenters. The highest BCUT2D eigenvalue weighted by molar-refractivity contribution is 5.84. The van der Waals surface area contributed by atoms with Crippen molar-refractivity contribution in [3.63, 3.8) is 0 Å². The zero-order chi connectivity index (χ0) is 19.6. The number of amides is 1. The van der Waals surface area contributed by atoms with Crippen LogP contribution in [0.15, 0.2) is 41.5 Å². The molecule has 0 spiro atoms. The molecule has 0 aliphatic carbocycles. The largest absolute Gasteiger partial charge is 0.490 e. The topological polar surface area (TPSA) is 59.9 Å². The molecule has 0 aliphatic rings. The summed E-state index contributed by atoms with van der Waals surface area (Å²) in [5.41, 5.74) is 6.59. The number of nitrogens with one attached hydrogen (secondary N) is 1. The van der Waals surface area contributed by atoms with Crippen molar-refractivity contribution in [1.29, 1.82) is 0 Å². The molecule has 0 saturated heterocycles. The van der Waals surface area contributed by atoms with Gasteiger partial charge in [0, 0.05) is 0 Å². The molecule has 1 N–H and O–H groups in total. The van der Waals surface area contributed by atoms with Crippen molar-refractivity contribution in [2.45, 2.75) is 27.2 Å². The van der Waals surface area contributed by atoms with Crippen molar-refractivity contribution in [1.82, 2.24) is 5.43 Å². The van der Waals surface area contributed by atoms with Gasteiger partial charge >= 0.3 is 0 Å². The maximum atomic E-state index is 12.1. The normalized spacial score (nSPS) is 10.4. The van der Waals surface area contributed by atoms with Gasteiger partial charge in [-0.2, -0.15) is 5.10 Å². The molecule has 0 fully saturated rings. The molecule has 0 bridgehead atoms. The highest BCUT2D eigenvalue weighted by Gasteiger charge is 2.07. The molecule has 2 aromatic rings. The lowest BCUT2D eigenvalue weighted by Crippen LogP contribution is -2.20. The van der Waals surface area contributed by atoms with E-state index in [0.717, 1.165) is 16.7 Å². The Bertz CT molecular complexity index is 866. The number of hydrogen-bond donors (Lipinski definition) is 1. The molecule has 1 amide bonds. The maximum Gasteiger partial charge on any atom is 0.244 e. The summed E-state index contributed by atoms with van der Waals surface area (Å²) in [7, 11) is 0. The van der Waals surface area contributed by atoms with Crippen molar-refractivity contribution in [2.75, 3.05) is 13.2 Å². The molecular weight excluding hydrogens is 340 g/mol. The second kappa shape index (κ2) is 10.0. The first kappa shape index (κ1) is 20.1. The van der Waals surface area contributed by atoms with Crippen molar-refractivity contribution in [3.8, 4) is 23.8 Å². The predicted molar refractivity (Wildman–Crippen MR) is 107 cm³/mol. The highest BCUT2D eigenvalue weighted by Crippen LogP contribution is 2.27. The van der Waals surface area contributed by atoms with Crippen molar-refractivity contribution in [3.05, 3.63) is 58.7 Å². The Morgan fingerprint density at radius 2 is 2.00 bits per heavy atom. The van der Waals surface area contributed by atoms with Crippen LogP contribution in [0.3, 0.4) is 0 Å². The summed E-state index contributed by atoms with van der Waals surface area (Å²) in [6, 6.07) is 11.4. The second-order valence-corrected chi connectivity index (χ2v) is 6.03. The Balaban J connectivity index is 1.99. The van der Waals surface area contributed by atoms with Gasteiger partial charge < -0.3 is 9.47 Å². The molecule has 27 heavy (non-hydrogen) atoms. The average molecular weight is 364 g/mol. The summed E-state index contributed by atoms with van der Waals surface area (Å²) in [4.78, 5) is 12.1. The fourth-order valence-corrected chi connectivity index (χ4v) is 2.55. The van der Waals surface area contributed by atoms with Crippen LogP contribution in [0.5, 0.6) is 11.5 Å². The Morgan fingerprint density at radius 3 is 2.70 bits per heavy atom. The lowest BCUT2D eigenvalue weighted by molar-refractivity contribution is -0.120. The number of terminal acetylenes is 1. The third kappa shape index (κ3) is 6.19. The van der Waals surface area contributed by atoms with Gasteiger partial charge in [-0.1, -0.05) is 29.7 Å². The van der Waals surface area contributed by atoms with E-state index in [1.807, 2.05) is 39.0 Å². The molecule has 2 rings (SSSR count). The van der Waals surface area contributed by atoms with Crippen molar-refractivity contribution < 1.29 is 14.3 Å². The number of hydrazone groups is 1. The molecule has 0 aliphatic heterocycles. The van der Waals surface area contributed by atoms with Crippen LogP contribution in [0.4, 0.5) is 0 Å². The SMILES string of the molecule is C#CCOc1ccc(/C=N/NC(=O)Cc2ccc(C)cc2C)cc1OCC. The Labute approximate surface area is 160 Å². The van der Waals surface area contributed by atoms with Crippen molar-refractivity contribution >= 4 is 12.1 Å². The first-order valence-corrected chi connectivity index (χ1v) is 8.74. The smallest absolute Gasteiger partial charge is 0.244 e. The van der Waals surface area contributed by atoms with Crippen LogP contribution in [-0.4, -0.2) is 25.3 Å². The predicted octanol–water partition coefficient (Wildman–Crippen LogP) is 3.41. The summed E-state index contributed by atoms with van der Waals surface area (Å²) < 4.78 is 11.0. The molecular formula is C22H24N2O3. The fourth-order valence-electron chi connectivity index (χ4n) is 2.55. The van der Waals surface area contributed by atoms with E-state index in [4.69, 9.17) is 15.9 Å². The molecule has 5 nitrogen and oxygen atoms in total. The number of benzene rings is 2. The van der Waals surface area contributed by atoms with E-state index >= 15 is 0 Å². The monoisotopic (exact) mass is 364 g/mol. The fraction of sp³-hybridized carbons (Fsp3) is 0.273. The van der Waals surface area contributed by atoms with Crippen LogP contribution < -0.4 is 14.9 Å². The summed E-state index contributed by atoms with van der Waals surface area (Å²) in [5.74, 6) is 3.41. The molecule has 0 aromatic heterocycles. The van der Waals surface area contributed by atoms with E-state index in [1.165, 1.54) is 5.56 Å². The zero-order valence-electron chi connectivity index (χ0n) is 15.9. The summed E-state index contributed by atoms with van der Waals surface area (Å²) >= 11 is 0. The lowest BCUT2D eigenvalue weighted by atomic mass is 10.0. The van der Waals surface area contributed by atoms with Crippen LogP contribution >= 0.6 is 0 Å². The van der Waals surface area contributed by atoms with E-state index in [9.17, 15) is 4.79 Å². The van der Waals surface area contributed by atoms with E-state index < -0.39 is 0 Å². The Morgan fingerprint density at radius 1 is 1.19 bits per heavy atom. The van der Waals surface area contributed by atoms with Gasteiger partial charge in [0.05, 0.1) is 19.2 Å². The average Bonchev–Trinajstić information content (AvgIpc) is 2.64. The number of nitrogens with zero attached hydrogens (tertiary/aromatic N) is 1. The number of carbonyl (C=O) groups is 1. The molecule has 0 heterocycles. The molecule has 140 valence electrons. The van der Waals surface area contributed by atoms with Crippen LogP contribution in [0, 0.1) is 26.2 Å². The number of ether oxygens (including phenoxy) is 2. The summed E-state index contributed by atoms with van der Waals surface area (Å²) in [6.07, 6.45) is 7.07. The number of carbonyl (C=O) groups excluding carboxylic acids is 1. The van der Waals surface area contributed by atoms with Crippen LogP contribution in [0.2, 0.25) is 0 Å². The van der Waals surface area contributed by atoms with Gasteiger partial charge in [0.15, 0.2) is 11.5 Å². The highest BCUT2D eigenvalue weighted by atomic mass is 16.5. The van der Waals surface area contributed by atoms with E-state index in [0.29, 0.717) is 18.1 Å². The van der Waals surface area contributed by atoms with Gasteiger partial charge in [0.1, 0.15) is 6.61 Å². The number of hydrogen-bond acceptors (Lipinski definition) is 4. The second-order valence-electron chi connectivity index (χ2n) is 6.03. The summed E-state index contributed by atoms with van der Waals surface area (Å²) in [5, 5.41) is 4.02. The van der Waals surface area contributed by atoms with Gasteiger partial charge in [-0.05, 0) is 55.7 Å². The molecule has 2 aromatic carbocycles. The van der Waals surface area contributed by atoms with E-state index in [2.05, 4.69) is 22.5 Å². The minimum atomic E-state index is -0.169. The van der Waals surface area contributed by atoms with Crippen LogP contribution in [0.1, 0.15) is 29.2 Å². The third-order valence-electron chi connectivity index (χ3n) is 3.83. The first-order valence-electron chi connectivity index (χ1n) is 8.74. The molecule has 0 radical (unpaired) electrons. The third-order valence-corrected chi connectivity index (χ3v) is 3.83. The molecule has 0 saturated carbocycles. The Hall–Kier alpha value is -3.26. The maximum absolute atomic E-state index is 12.1. The quantitative estimate of drug-likeness (QED) is 0.444. The van der Waals surface area contributed by atoms with Gasteiger partial charge in [0.2, 0.25) is 5.91 Å². The number of rotatable bonds is 8. The van der Waals surface area contributed by atoms with Gasteiger partial charge in [-0.3, -0.25) is 4.79 Å². The van der Waals surface area contributed by atoms with E-state index in [1.54, 1.807) is 18.3 Å². The molecule has 0 atom stereocenters. The zero-order valence-corrected chi connectivity index (χ0v) is 15.9. The lowest BCUT2D eigenvalue weighted by Gasteiger charge is -2.10. The van der Waals surface area contributed by atoms with Crippen LogP contribution in [0.25, 0.3) is 0 Å². The minimum Gasteiger partial charge on any atom is -0.490 e. The van der Waals surface area contributed by atoms with Crippen LogP contribution in [-0.2, 0) is 11.2 Å².